The molecule has 0 atom stereocenters. The van der Waals surface area contributed by atoms with E-state index in [9.17, 15) is 18.0 Å². The smallest absolute Gasteiger partial charge is 0.417 e. The van der Waals surface area contributed by atoms with Crippen molar-refractivity contribution in [3.8, 4) is 0 Å². The van der Waals surface area contributed by atoms with Crippen LogP contribution in [0.15, 0.2) is 58.9 Å². The highest BCUT2D eigenvalue weighted by molar-refractivity contribution is 8.00. The highest BCUT2D eigenvalue weighted by Gasteiger charge is 2.32. The topological polar surface area (TPSA) is 53.4 Å². The molecule has 2 aromatic heterocycles. The minimum atomic E-state index is -4.53. The average molecular weight is 445 g/mol. The Morgan fingerprint density at radius 2 is 1.96 bits per heavy atom. The standard InChI is InChI=1S/C18H12ClF3N2O2S2/c19-15-8-12(18(20,21)22)9-23-16(15)24(10-14-2-1-7-27-14)28-13-5-3-11(4-6-13)17(25)26/h1-9H,10H2,(H,25,26). The first kappa shape index (κ1) is 20.5. The second kappa shape index (κ2) is 8.42. The summed E-state index contributed by atoms with van der Waals surface area (Å²) in [6.45, 7) is 0.362. The molecule has 0 saturated heterocycles. The van der Waals surface area contributed by atoms with E-state index in [4.69, 9.17) is 16.7 Å². The number of aromatic carboxylic acids is 1. The number of hydrogen-bond acceptors (Lipinski definition) is 5. The van der Waals surface area contributed by atoms with Crippen LogP contribution < -0.4 is 4.31 Å². The molecule has 4 nitrogen and oxygen atoms in total. The van der Waals surface area contributed by atoms with Crippen LogP contribution in [-0.4, -0.2) is 16.1 Å². The molecule has 146 valence electrons. The number of benzene rings is 1. The molecule has 0 fully saturated rings. The number of aromatic nitrogens is 1. The van der Waals surface area contributed by atoms with Gasteiger partial charge in [0.2, 0.25) is 0 Å². The Hall–Kier alpha value is -2.23. The fourth-order valence-electron chi connectivity index (χ4n) is 2.25. The first-order valence-corrected chi connectivity index (χ1v) is 9.81. The van der Waals surface area contributed by atoms with Crippen LogP contribution in [0.5, 0.6) is 0 Å². The van der Waals surface area contributed by atoms with Gasteiger partial charge in [0.05, 0.1) is 22.7 Å². The zero-order chi connectivity index (χ0) is 20.3. The Morgan fingerprint density at radius 1 is 1.25 bits per heavy atom. The maximum atomic E-state index is 12.9. The van der Waals surface area contributed by atoms with E-state index in [1.165, 1.54) is 35.4 Å². The molecule has 10 heteroatoms. The summed E-state index contributed by atoms with van der Waals surface area (Å²) in [5.41, 5.74) is -0.784. The molecule has 1 N–H and O–H groups in total. The Bertz CT molecular complexity index is 964. The summed E-state index contributed by atoms with van der Waals surface area (Å²) in [5, 5.41) is 10.8. The Morgan fingerprint density at radius 3 is 2.50 bits per heavy atom. The molecule has 1 aromatic carbocycles. The van der Waals surface area contributed by atoms with Crippen molar-refractivity contribution in [3.05, 3.63) is 75.1 Å². The largest absolute Gasteiger partial charge is 0.478 e. The molecular formula is C18H12ClF3N2O2S2. The molecule has 0 saturated carbocycles. The molecule has 0 amide bonds. The highest BCUT2D eigenvalue weighted by atomic mass is 35.5. The van der Waals surface area contributed by atoms with Crippen LogP contribution in [0.3, 0.4) is 0 Å². The van der Waals surface area contributed by atoms with Gasteiger partial charge in [-0.3, -0.25) is 4.31 Å². The summed E-state index contributed by atoms with van der Waals surface area (Å²) in [4.78, 5) is 16.6. The zero-order valence-corrected chi connectivity index (χ0v) is 16.4. The number of anilines is 1. The fraction of sp³-hybridized carbons (Fsp3) is 0.111. The molecule has 0 aliphatic carbocycles. The number of carboxylic acid groups (broad SMARTS) is 1. The van der Waals surface area contributed by atoms with Crippen LogP contribution in [-0.2, 0) is 12.7 Å². The lowest BCUT2D eigenvalue weighted by molar-refractivity contribution is -0.137. The van der Waals surface area contributed by atoms with Gasteiger partial charge < -0.3 is 5.11 Å². The predicted octanol–water partition coefficient (Wildman–Crippen LogP) is 6.23. The van der Waals surface area contributed by atoms with Gasteiger partial charge in [-0.25, -0.2) is 9.78 Å². The highest BCUT2D eigenvalue weighted by Crippen LogP contribution is 2.38. The third-order valence-corrected chi connectivity index (χ3v) is 5.73. The third kappa shape index (κ3) is 4.98. The maximum Gasteiger partial charge on any atom is 0.417 e. The molecule has 0 bridgehead atoms. The summed E-state index contributed by atoms with van der Waals surface area (Å²) < 4.78 is 40.3. The van der Waals surface area contributed by atoms with E-state index in [0.717, 1.165) is 17.1 Å². The minimum absolute atomic E-state index is 0.124. The zero-order valence-electron chi connectivity index (χ0n) is 14.0. The number of nitrogens with zero attached hydrogens (tertiary/aromatic N) is 2. The summed E-state index contributed by atoms with van der Waals surface area (Å²) in [7, 11) is 0. The molecule has 3 aromatic rings. The number of thiophene rings is 1. The number of halogens is 4. The maximum absolute atomic E-state index is 12.9. The summed E-state index contributed by atoms with van der Waals surface area (Å²) in [6, 6.07) is 10.8. The summed E-state index contributed by atoms with van der Waals surface area (Å²) in [5.74, 6) is -0.852. The van der Waals surface area contributed by atoms with Crippen LogP contribution in [0.2, 0.25) is 5.02 Å². The van der Waals surface area contributed by atoms with Gasteiger partial charge in [-0.2, -0.15) is 13.2 Å². The molecule has 0 aliphatic rings. The van der Waals surface area contributed by atoms with Gasteiger partial charge in [-0.15, -0.1) is 11.3 Å². The van der Waals surface area contributed by atoms with Gasteiger partial charge in [0.25, 0.3) is 0 Å². The summed E-state index contributed by atoms with van der Waals surface area (Å²) in [6.07, 6.45) is -3.79. The van der Waals surface area contributed by atoms with Gasteiger partial charge in [0, 0.05) is 16.0 Å². The van der Waals surface area contributed by atoms with E-state index in [0.29, 0.717) is 11.4 Å². The number of pyridine rings is 1. The van der Waals surface area contributed by atoms with Crippen LogP contribution in [0.1, 0.15) is 20.8 Å². The van der Waals surface area contributed by atoms with Crippen molar-refractivity contribution in [2.45, 2.75) is 17.6 Å². The van der Waals surface area contributed by atoms with E-state index < -0.39 is 17.7 Å². The lowest BCUT2D eigenvalue weighted by atomic mass is 10.2. The molecule has 0 aliphatic heterocycles. The van der Waals surface area contributed by atoms with Crippen molar-refractivity contribution < 1.29 is 23.1 Å². The van der Waals surface area contributed by atoms with Gasteiger partial charge >= 0.3 is 12.1 Å². The van der Waals surface area contributed by atoms with Crippen molar-refractivity contribution in [1.82, 2.24) is 4.98 Å². The van der Waals surface area contributed by atoms with Gasteiger partial charge in [0.1, 0.15) is 0 Å². The quantitative estimate of drug-likeness (QED) is 0.457. The fourth-order valence-corrected chi connectivity index (χ4v) is 4.29. The normalized spacial score (nSPS) is 11.4. The van der Waals surface area contributed by atoms with Gasteiger partial charge in [-0.1, -0.05) is 17.7 Å². The third-order valence-electron chi connectivity index (χ3n) is 3.58. The van der Waals surface area contributed by atoms with Crippen LogP contribution >= 0.6 is 34.9 Å². The Kier molecular flexibility index (Phi) is 6.17. The number of carboxylic acids is 1. The van der Waals surface area contributed by atoms with E-state index in [1.807, 2.05) is 17.5 Å². The molecule has 0 radical (unpaired) electrons. The molecule has 3 rings (SSSR count). The van der Waals surface area contributed by atoms with Crippen molar-refractivity contribution in [2.24, 2.45) is 0 Å². The van der Waals surface area contributed by atoms with E-state index in [2.05, 4.69) is 4.98 Å². The first-order valence-electron chi connectivity index (χ1n) is 7.78. The SMILES string of the molecule is O=C(O)c1ccc(SN(Cc2cccs2)c2ncc(C(F)(F)F)cc2Cl)cc1. The molecule has 0 unspecified atom stereocenters. The Labute approximate surface area is 171 Å². The molecule has 2 heterocycles. The van der Waals surface area contributed by atoms with Crippen molar-refractivity contribution in [3.63, 3.8) is 0 Å². The van der Waals surface area contributed by atoms with Crippen molar-refractivity contribution in [1.29, 1.82) is 0 Å². The van der Waals surface area contributed by atoms with Gasteiger partial charge in [0.15, 0.2) is 5.82 Å². The second-order valence-electron chi connectivity index (χ2n) is 5.56. The van der Waals surface area contributed by atoms with Crippen molar-refractivity contribution >= 4 is 46.7 Å². The number of rotatable bonds is 6. The monoisotopic (exact) mass is 444 g/mol. The lowest BCUT2D eigenvalue weighted by Gasteiger charge is -2.23. The summed E-state index contributed by atoms with van der Waals surface area (Å²) >= 11 is 8.81. The van der Waals surface area contributed by atoms with Crippen LogP contribution in [0, 0.1) is 0 Å². The van der Waals surface area contributed by atoms with Crippen molar-refractivity contribution in [2.75, 3.05) is 4.31 Å². The molecular weight excluding hydrogens is 433 g/mol. The lowest BCUT2D eigenvalue weighted by Crippen LogP contribution is -2.16. The first-order chi connectivity index (χ1) is 13.2. The average Bonchev–Trinajstić information content (AvgIpc) is 3.14. The van der Waals surface area contributed by atoms with E-state index >= 15 is 0 Å². The minimum Gasteiger partial charge on any atom is -0.478 e. The number of alkyl halides is 3. The van der Waals surface area contributed by atoms with Crippen LogP contribution in [0.4, 0.5) is 19.0 Å². The molecule has 0 spiro atoms. The van der Waals surface area contributed by atoms with Crippen LogP contribution in [0.25, 0.3) is 0 Å². The Balaban J connectivity index is 1.92. The molecule has 28 heavy (non-hydrogen) atoms. The van der Waals surface area contributed by atoms with E-state index in [-0.39, 0.29) is 16.4 Å². The number of hydrogen-bond donors (Lipinski definition) is 1. The predicted molar refractivity (Wildman–Crippen MR) is 104 cm³/mol. The van der Waals surface area contributed by atoms with Gasteiger partial charge in [-0.05, 0) is 53.7 Å². The second-order valence-corrected chi connectivity index (χ2v) is 8.10. The number of carbonyl (C=O) groups is 1. The van der Waals surface area contributed by atoms with E-state index in [1.54, 1.807) is 16.4 Å².